The molecular weight excluding hydrogens is 266 g/mol. The highest BCUT2D eigenvalue weighted by atomic mass is 15.1. The largest absolute Gasteiger partial charge is 0.343 e. The van der Waals surface area contributed by atoms with Crippen LogP contribution in [0.4, 0.5) is 0 Å². The van der Waals surface area contributed by atoms with Crippen molar-refractivity contribution >= 4 is 5.57 Å². The molecule has 0 fully saturated rings. The van der Waals surface area contributed by atoms with Gasteiger partial charge in [-0.25, -0.2) is 0 Å². The van der Waals surface area contributed by atoms with Gasteiger partial charge in [0.1, 0.15) is 0 Å². The molecule has 1 atom stereocenters. The van der Waals surface area contributed by atoms with Crippen molar-refractivity contribution < 1.29 is 0 Å². The molecule has 0 saturated heterocycles. The molecule has 1 heteroatoms. The normalized spacial score (nSPS) is 23.3. The molecule has 1 unspecified atom stereocenters. The Hall–Kier alpha value is -2.28. The Morgan fingerprint density at radius 1 is 1.05 bits per heavy atom. The van der Waals surface area contributed by atoms with E-state index in [4.69, 9.17) is 0 Å². The first-order chi connectivity index (χ1) is 10.6. The minimum Gasteiger partial charge on any atom is -0.343 e. The number of hydrogen-bond donors (Lipinski definition) is 0. The van der Waals surface area contributed by atoms with Gasteiger partial charge >= 0.3 is 0 Å². The maximum Gasteiger partial charge on any atom is 0.0788 e. The number of aryl methyl sites for hydroxylation is 1. The lowest BCUT2D eigenvalue weighted by molar-refractivity contribution is 0.447. The Bertz CT molecular complexity index is 786. The second-order valence-electron chi connectivity index (χ2n) is 6.56. The van der Waals surface area contributed by atoms with E-state index < -0.39 is 0 Å². The first-order valence-electron chi connectivity index (χ1n) is 7.97. The van der Waals surface area contributed by atoms with Gasteiger partial charge in [0.05, 0.1) is 6.04 Å². The lowest BCUT2D eigenvalue weighted by Gasteiger charge is -2.32. The van der Waals surface area contributed by atoms with Crippen molar-refractivity contribution in [3.8, 4) is 0 Å². The van der Waals surface area contributed by atoms with Gasteiger partial charge in [-0.15, -0.1) is 0 Å². The van der Waals surface area contributed by atoms with Crippen molar-refractivity contribution in [1.29, 1.82) is 0 Å². The van der Waals surface area contributed by atoms with Crippen molar-refractivity contribution in [3.63, 3.8) is 0 Å². The van der Waals surface area contributed by atoms with Crippen LogP contribution in [0.15, 0.2) is 77.7 Å². The molecule has 0 bridgehead atoms. The third-order valence-electron chi connectivity index (χ3n) is 4.84. The molecule has 1 nitrogen and oxygen atoms in total. The van der Waals surface area contributed by atoms with Crippen molar-refractivity contribution in [1.82, 2.24) is 4.90 Å². The van der Waals surface area contributed by atoms with Crippen LogP contribution in [0.3, 0.4) is 0 Å². The molecule has 110 valence electrons. The summed E-state index contributed by atoms with van der Waals surface area (Å²) in [6, 6.07) is 9.04. The first-order valence-corrected chi connectivity index (χ1v) is 7.97. The van der Waals surface area contributed by atoms with Crippen LogP contribution in [0.25, 0.3) is 5.57 Å². The zero-order valence-corrected chi connectivity index (χ0v) is 13.3. The van der Waals surface area contributed by atoms with E-state index in [-0.39, 0.29) is 6.04 Å². The van der Waals surface area contributed by atoms with Crippen LogP contribution in [0.2, 0.25) is 0 Å². The third-order valence-corrected chi connectivity index (χ3v) is 4.84. The highest BCUT2D eigenvalue weighted by Gasteiger charge is 2.28. The van der Waals surface area contributed by atoms with E-state index in [9.17, 15) is 0 Å². The van der Waals surface area contributed by atoms with Crippen LogP contribution >= 0.6 is 0 Å². The van der Waals surface area contributed by atoms with Crippen molar-refractivity contribution in [2.75, 3.05) is 0 Å². The van der Waals surface area contributed by atoms with Gasteiger partial charge in [-0.2, -0.15) is 0 Å². The fourth-order valence-corrected chi connectivity index (χ4v) is 3.94. The van der Waals surface area contributed by atoms with E-state index in [2.05, 4.69) is 74.1 Å². The molecule has 2 heterocycles. The molecule has 0 aromatic heterocycles. The van der Waals surface area contributed by atoms with E-state index in [0.29, 0.717) is 0 Å². The lowest BCUT2D eigenvalue weighted by Crippen LogP contribution is -2.30. The maximum absolute atomic E-state index is 4.38. The molecule has 2 aliphatic heterocycles. The van der Waals surface area contributed by atoms with Crippen LogP contribution in [0, 0.1) is 0 Å². The Kier molecular flexibility index (Phi) is 2.97. The van der Waals surface area contributed by atoms with E-state index >= 15 is 0 Å². The molecule has 1 aromatic carbocycles. The fourth-order valence-electron chi connectivity index (χ4n) is 3.94. The lowest BCUT2D eigenvalue weighted by atomic mass is 9.83. The summed E-state index contributed by atoms with van der Waals surface area (Å²) in [4.78, 5) is 2.35. The van der Waals surface area contributed by atoms with Crippen molar-refractivity contribution in [3.05, 3.63) is 88.8 Å². The average Bonchev–Trinajstić information content (AvgIpc) is 2.62. The van der Waals surface area contributed by atoms with Gasteiger partial charge in [-0.1, -0.05) is 36.9 Å². The summed E-state index contributed by atoms with van der Waals surface area (Å²) >= 11 is 0. The number of rotatable bonds is 0. The van der Waals surface area contributed by atoms with E-state index in [1.165, 1.54) is 39.0 Å². The monoisotopic (exact) mass is 287 g/mol. The number of hydrogen-bond acceptors (Lipinski definition) is 1. The van der Waals surface area contributed by atoms with Crippen LogP contribution in [0.1, 0.15) is 31.4 Å². The third kappa shape index (κ3) is 2.00. The minimum atomic E-state index is 0.265. The molecule has 0 spiro atoms. The summed E-state index contributed by atoms with van der Waals surface area (Å²) < 4.78 is 0. The quantitative estimate of drug-likeness (QED) is 0.648. The first kappa shape index (κ1) is 13.4. The molecule has 0 saturated carbocycles. The summed E-state index contributed by atoms with van der Waals surface area (Å²) in [5.74, 6) is 0. The second kappa shape index (κ2) is 4.88. The molecule has 4 rings (SSSR count). The Morgan fingerprint density at radius 2 is 1.86 bits per heavy atom. The van der Waals surface area contributed by atoms with E-state index in [1.54, 1.807) is 0 Å². The van der Waals surface area contributed by atoms with Gasteiger partial charge in [0, 0.05) is 12.4 Å². The Labute approximate surface area is 132 Å². The van der Waals surface area contributed by atoms with Gasteiger partial charge in [0.15, 0.2) is 0 Å². The zero-order chi connectivity index (χ0) is 15.3. The van der Waals surface area contributed by atoms with Gasteiger partial charge in [0.25, 0.3) is 0 Å². The Balaban J connectivity index is 1.89. The molecule has 1 aromatic rings. The standard InChI is InChI=1S/C21H21N/c1-14-10-15(2)21-16(3)11-20-18(13-22(21)12-14)9-8-17-6-4-5-7-19(17)20/h4-7,10-13,21H,3,8-9H2,1-2H3. The van der Waals surface area contributed by atoms with Crippen molar-refractivity contribution in [2.45, 2.75) is 32.7 Å². The van der Waals surface area contributed by atoms with Crippen LogP contribution in [0.5, 0.6) is 0 Å². The number of fused-ring (bicyclic) bond motifs is 4. The van der Waals surface area contributed by atoms with Crippen molar-refractivity contribution in [2.24, 2.45) is 0 Å². The SMILES string of the molecule is C=C1C=C2C(=CN3C=C(C)C=C(C)C13)CCc1ccccc12. The van der Waals surface area contributed by atoms with E-state index in [0.717, 1.165) is 12.8 Å². The summed E-state index contributed by atoms with van der Waals surface area (Å²) in [7, 11) is 0. The number of benzene rings is 1. The van der Waals surface area contributed by atoms with Crippen LogP contribution < -0.4 is 0 Å². The molecule has 22 heavy (non-hydrogen) atoms. The predicted molar refractivity (Wildman–Crippen MR) is 93.1 cm³/mol. The summed E-state index contributed by atoms with van der Waals surface area (Å²) in [5, 5.41) is 0. The Morgan fingerprint density at radius 3 is 2.73 bits per heavy atom. The van der Waals surface area contributed by atoms with Crippen LogP contribution in [-0.4, -0.2) is 10.9 Å². The minimum absolute atomic E-state index is 0.265. The number of nitrogens with zero attached hydrogens (tertiary/aromatic N) is 1. The van der Waals surface area contributed by atoms with E-state index in [1.807, 2.05) is 0 Å². The topological polar surface area (TPSA) is 3.24 Å². The fraction of sp³-hybridized carbons (Fsp3) is 0.238. The maximum atomic E-state index is 4.38. The second-order valence-corrected chi connectivity index (χ2v) is 6.56. The molecule has 1 aliphatic carbocycles. The summed E-state index contributed by atoms with van der Waals surface area (Å²) in [6.45, 7) is 8.75. The zero-order valence-electron chi connectivity index (χ0n) is 13.3. The van der Waals surface area contributed by atoms with Gasteiger partial charge in [-0.05, 0) is 71.8 Å². The van der Waals surface area contributed by atoms with Gasteiger partial charge in [-0.3, -0.25) is 0 Å². The predicted octanol–water partition coefficient (Wildman–Crippen LogP) is 5.00. The summed E-state index contributed by atoms with van der Waals surface area (Å²) in [5.41, 5.74) is 9.47. The molecule has 0 radical (unpaired) electrons. The molecule has 0 amide bonds. The smallest absolute Gasteiger partial charge is 0.0788 e. The molecule has 0 N–H and O–H groups in total. The van der Waals surface area contributed by atoms with Crippen LogP contribution in [-0.2, 0) is 6.42 Å². The average molecular weight is 287 g/mol. The van der Waals surface area contributed by atoms with Gasteiger partial charge < -0.3 is 4.90 Å². The highest BCUT2D eigenvalue weighted by Crippen LogP contribution is 2.40. The highest BCUT2D eigenvalue weighted by molar-refractivity contribution is 5.85. The van der Waals surface area contributed by atoms with Gasteiger partial charge in [0.2, 0.25) is 0 Å². The molecule has 3 aliphatic rings. The molecular formula is C21H21N. The number of allylic oxidation sites excluding steroid dienone is 4. The summed E-state index contributed by atoms with van der Waals surface area (Å²) in [6.07, 6.45) is 11.4.